The van der Waals surface area contributed by atoms with E-state index in [1.54, 1.807) is 18.2 Å². The van der Waals surface area contributed by atoms with Crippen LogP contribution in [0, 0.1) is 12.3 Å². The standard InChI is InChI=1S/C26H24ClNO4/c1-15-2-4-16(5-3-15)19-9-24(32-28-19)26-12-25(13-26,14-26)11-21(30)23-10-20(29)18-8-17(27)6-7-22(18)31-23/h2-9,20,23,29H,10-14H2,1H3/t20-,23-,25?,26?/m1/s1. The Morgan fingerprint density at radius 3 is 2.66 bits per heavy atom. The highest BCUT2D eigenvalue weighted by atomic mass is 35.5. The average Bonchev–Trinajstić information content (AvgIpc) is 3.20. The fourth-order valence-electron chi connectivity index (χ4n) is 5.93. The third-order valence-electron chi connectivity index (χ3n) is 7.47. The highest BCUT2D eigenvalue weighted by Gasteiger charge is 2.70. The fraction of sp³-hybridized carbons (Fsp3) is 0.385. The minimum atomic E-state index is -0.736. The van der Waals surface area contributed by atoms with Gasteiger partial charge in [-0.3, -0.25) is 4.79 Å². The predicted octanol–water partition coefficient (Wildman–Crippen LogP) is 5.57. The number of ketones is 1. The molecule has 0 unspecified atom stereocenters. The van der Waals surface area contributed by atoms with E-state index in [1.165, 1.54) is 5.56 Å². The normalized spacial score (nSPS) is 30.0. The summed E-state index contributed by atoms with van der Waals surface area (Å²) in [4.78, 5) is 13.0. The van der Waals surface area contributed by atoms with E-state index in [9.17, 15) is 9.90 Å². The molecule has 4 aliphatic rings. The SMILES string of the molecule is Cc1ccc(-c2cc(C34CC(CC(=O)[C@H]5C[C@@H](O)c6cc(Cl)ccc6O5)(C3)C4)on2)cc1. The van der Waals surface area contributed by atoms with E-state index < -0.39 is 12.2 Å². The van der Waals surface area contributed by atoms with Gasteiger partial charge in [0.1, 0.15) is 17.2 Å². The molecule has 7 rings (SSSR count). The van der Waals surface area contributed by atoms with Crippen LogP contribution in [-0.2, 0) is 10.2 Å². The molecule has 0 radical (unpaired) electrons. The number of carbonyl (C=O) groups excluding carboxylic acids is 1. The molecule has 6 heteroatoms. The number of halogens is 1. The number of aromatic nitrogens is 1. The topological polar surface area (TPSA) is 72.6 Å². The van der Waals surface area contributed by atoms with Crippen molar-refractivity contribution in [3.05, 3.63) is 70.4 Å². The van der Waals surface area contributed by atoms with Gasteiger partial charge in [0.05, 0.1) is 6.10 Å². The summed E-state index contributed by atoms with van der Waals surface area (Å²) in [5.74, 6) is 1.54. The number of rotatable bonds is 5. The van der Waals surface area contributed by atoms with Gasteiger partial charge in [0.25, 0.3) is 0 Å². The van der Waals surface area contributed by atoms with Crippen LogP contribution in [0.5, 0.6) is 5.75 Å². The zero-order chi connectivity index (χ0) is 22.1. The molecule has 3 aliphatic carbocycles. The minimum absolute atomic E-state index is 0.0203. The molecule has 0 spiro atoms. The predicted molar refractivity (Wildman–Crippen MR) is 120 cm³/mol. The number of nitrogens with zero attached hydrogens (tertiary/aromatic N) is 1. The number of hydrogen-bond acceptors (Lipinski definition) is 5. The number of Topliss-reactive ketones (excluding diaryl/α,β-unsaturated/α-hetero) is 1. The molecule has 5 nitrogen and oxygen atoms in total. The van der Waals surface area contributed by atoms with Crippen LogP contribution >= 0.6 is 11.6 Å². The van der Waals surface area contributed by atoms with Crippen LogP contribution in [0.2, 0.25) is 5.02 Å². The van der Waals surface area contributed by atoms with Crippen molar-refractivity contribution in [2.45, 2.75) is 56.7 Å². The molecule has 1 aromatic heterocycles. The molecular weight excluding hydrogens is 426 g/mol. The van der Waals surface area contributed by atoms with E-state index in [2.05, 4.69) is 42.4 Å². The lowest BCUT2D eigenvalue weighted by atomic mass is 9.33. The third-order valence-corrected chi connectivity index (χ3v) is 7.70. The van der Waals surface area contributed by atoms with E-state index in [4.69, 9.17) is 20.9 Å². The molecule has 3 saturated carbocycles. The first kappa shape index (κ1) is 20.0. The Hall–Kier alpha value is -2.63. The van der Waals surface area contributed by atoms with E-state index >= 15 is 0 Å². The highest BCUT2D eigenvalue weighted by Crippen LogP contribution is 2.75. The Bertz CT molecular complexity index is 1200. The van der Waals surface area contributed by atoms with Crippen LogP contribution < -0.4 is 4.74 Å². The van der Waals surface area contributed by atoms with E-state index in [-0.39, 0.29) is 23.0 Å². The lowest BCUT2D eigenvalue weighted by Crippen LogP contribution is -2.65. The van der Waals surface area contributed by atoms with Gasteiger partial charge >= 0.3 is 0 Å². The number of carbonyl (C=O) groups is 1. The first-order chi connectivity index (χ1) is 15.3. The second-order valence-corrected chi connectivity index (χ2v) is 10.4. The number of aliphatic hydroxyl groups is 1. The Labute approximate surface area is 191 Å². The summed E-state index contributed by atoms with van der Waals surface area (Å²) in [6, 6.07) is 15.5. The second kappa shape index (κ2) is 6.93. The van der Waals surface area contributed by atoms with E-state index in [0.29, 0.717) is 22.8 Å². The molecule has 1 aliphatic heterocycles. The maximum atomic E-state index is 13.0. The summed E-state index contributed by atoms with van der Waals surface area (Å²) in [5.41, 5.74) is 3.83. The molecular formula is C26H24ClNO4. The van der Waals surface area contributed by atoms with Crippen molar-refractivity contribution >= 4 is 17.4 Å². The van der Waals surface area contributed by atoms with Crippen LogP contribution in [0.1, 0.15) is 55.1 Å². The molecule has 1 N–H and O–H groups in total. The fourth-order valence-corrected chi connectivity index (χ4v) is 6.11. The molecule has 164 valence electrons. The maximum Gasteiger partial charge on any atom is 0.173 e. The summed E-state index contributed by atoms with van der Waals surface area (Å²) in [6.07, 6.45) is 2.23. The van der Waals surface area contributed by atoms with E-state index in [0.717, 1.165) is 36.3 Å². The van der Waals surface area contributed by atoms with Crippen molar-refractivity contribution in [1.82, 2.24) is 5.16 Å². The van der Waals surface area contributed by atoms with Crippen molar-refractivity contribution < 1.29 is 19.2 Å². The first-order valence-corrected chi connectivity index (χ1v) is 11.4. The van der Waals surface area contributed by atoms with Gasteiger partial charge in [0.15, 0.2) is 11.9 Å². The zero-order valence-corrected chi connectivity index (χ0v) is 18.6. The molecule has 2 heterocycles. The van der Waals surface area contributed by atoms with Gasteiger partial charge < -0.3 is 14.4 Å². The van der Waals surface area contributed by atoms with Crippen LogP contribution in [0.3, 0.4) is 0 Å². The maximum absolute atomic E-state index is 13.0. The van der Waals surface area contributed by atoms with Crippen LogP contribution in [0.4, 0.5) is 0 Å². The van der Waals surface area contributed by atoms with Crippen molar-refractivity contribution in [3.8, 4) is 17.0 Å². The summed E-state index contributed by atoms with van der Waals surface area (Å²) in [5, 5.41) is 15.3. The number of ether oxygens (including phenoxy) is 1. The second-order valence-electron chi connectivity index (χ2n) is 9.94. The summed E-state index contributed by atoms with van der Waals surface area (Å²) < 4.78 is 11.6. The highest BCUT2D eigenvalue weighted by molar-refractivity contribution is 6.30. The molecule has 3 fully saturated rings. The Kier molecular flexibility index (Phi) is 4.33. The Morgan fingerprint density at radius 1 is 1.16 bits per heavy atom. The van der Waals surface area contributed by atoms with Crippen molar-refractivity contribution in [3.63, 3.8) is 0 Å². The summed E-state index contributed by atoms with van der Waals surface area (Å²) in [7, 11) is 0. The van der Waals surface area contributed by atoms with Crippen molar-refractivity contribution in [2.75, 3.05) is 0 Å². The zero-order valence-electron chi connectivity index (χ0n) is 17.8. The quantitative estimate of drug-likeness (QED) is 0.551. The molecule has 3 aromatic rings. The summed E-state index contributed by atoms with van der Waals surface area (Å²) in [6.45, 7) is 2.06. The van der Waals surface area contributed by atoms with Crippen molar-refractivity contribution in [1.29, 1.82) is 0 Å². The van der Waals surface area contributed by atoms with Crippen molar-refractivity contribution in [2.24, 2.45) is 5.41 Å². The lowest BCUT2D eigenvalue weighted by molar-refractivity contribution is -0.170. The number of hydrogen-bond donors (Lipinski definition) is 1. The molecule has 0 saturated heterocycles. The Morgan fingerprint density at radius 2 is 1.91 bits per heavy atom. The van der Waals surface area contributed by atoms with Gasteiger partial charge in [-0.15, -0.1) is 0 Å². The lowest BCUT2D eigenvalue weighted by Gasteiger charge is -2.69. The van der Waals surface area contributed by atoms with Gasteiger partial charge in [0.2, 0.25) is 0 Å². The van der Waals surface area contributed by atoms with Gasteiger partial charge in [-0.1, -0.05) is 46.6 Å². The molecule has 0 amide bonds. The van der Waals surface area contributed by atoms with Crippen LogP contribution in [0.15, 0.2) is 53.1 Å². The minimum Gasteiger partial charge on any atom is -0.482 e. The number of fused-ring (bicyclic) bond motifs is 1. The average molecular weight is 450 g/mol. The largest absolute Gasteiger partial charge is 0.482 e. The van der Waals surface area contributed by atoms with E-state index in [1.807, 2.05) is 0 Å². The van der Waals surface area contributed by atoms with Gasteiger partial charge in [0, 0.05) is 40.5 Å². The van der Waals surface area contributed by atoms with Gasteiger partial charge in [-0.2, -0.15) is 0 Å². The first-order valence-electron chi connectivity index (χ1n) is 11.1. The smallest absolute Gasteiger partial charge is 0.173 e. The monoisotopic (exact) mass is 449 g/mol. The summed E-state index contributed by atoms with van der Waals surface area (Å²) >= 11 is 6.02. The molecule has 2 bridgehead atoms. The third kappa shape index (κ3) is 3.10. The van der Waals surface area contributed by atoms with Crippen LogP contribution in [-0.4, -0.2) is 22.2 Å². The molecule has 32 heavy (non-hydrogen) atoms. The van der Waals surface area contributed by atoms with Gasteiger partial charge in [-0.05, 0) is 49.8 Å². The number of benzene rings is 2. The number of aryl methyl sites for hydroxylation is 1. The van der Waals surface area contributed by atoms with Gasteiger partial charge in [-0.25, -0.2) is 0 Å². The van der Waals surface area contributed by atoms with Crippen LogP contribution in [0.25, 0.3) is 11.3 Å². The Balaban J connectivity index is 1.10. The molecule has 2 atom stereocenters. The molecule has 2 aromatic carbocycles. The number of aliphatic hydroxyl groups excluding tert-OH is 1.